The molecule has 0 radical (unpaired) electrons. The highest BCUT2D eigenvalue weighted by Crippen LogP contribution is 2.29. The second-order valence-corrected chi connectivity index (χ2v) is 6.97. The van der Waals surface area contributed by atoms with Crippen molar-refractivity contribution in [1.82, 2.24) is 9.97 Å². The zero-order valence-electron chi connectivity index (χ0n) is 14.8. The second-order valence-electron chi connectivity index (χ2n) is 6.15. The third kappa shape index (κ3) is 4.08. The minimum atomic E-state index is -0.0837. The van der Waals surface area contributed by atoms with Crippen LogP contribution in [0.25, 0.3) is 22.3 Å². The number of nitrogens with zero attached hydrogens (tertiary/aromatic N) is 3. The Labute approximate surface area is 176 Å². The summed E-state index contributed by atoms with van der Waals surface area (Å²) in [5, 5.41) is 25.1. The SMILES string of the molecule is Oc1ccc(/C=N/Nc2nc(-c3ccc(Cl)c(Cl)c3)nc3ccccc23)c(O)c1. The first kappa shape index (κ1) is 19.0. The van der Waals surface area contributed by atoms with Crippen molar-refractivity contribution in [1.29, 1.82) is 0 Å². The van der Waals surface area contributed by atoms with E-state index in [4.69, 9.17) is 23.2 Å². The summed E-state index contributed by atoms with van der Waals surface area (Å²) >= 11 is 12.1. The maximum atomic E-state index is 9.87. The highest BCUT2D eigenvalue weighted by molar-refractivity contribution is 6.42. The summed E-state index contributed by atoms with van der Waals surface area (Å²) in [6.45, 7) is 0. The van der Waals surface area contributed by atoms with Crippen molar-refractivity contribution in [2.45, 2.75) is 0 Å². The molecule has 0 saturated carbocycles. The van der Waals surface area contributed by atoms with Crippen molar-refractivity contribution in [3.63, 3.8) is 0 Å². The number of para-hydroxylation sites is 1. The van der Waals surface area contributed by atoms with Crippen LogP contribution in [0.2, 0.25) is 10.0 Å². The van der Waals surface area contributed by atoms with Gasteiger partial charge in [0, 0.05) is 22.6 Å². The summed E-state index contributed by atoms with van der Waals surface area (Å²) in [6, 6.07) is 17.0. The van der Waals surface area contributed by atoms with Crippen LogP contribution in [0.4, 0.5) is 5.82 Å². The number of hydrogen-bond acceptors (Lipinski definition) is 6. The summed E-state index contributed by atoms with van der Waals surface area (Å²) in [7, 11) is 0. The predicted molar refractivity (Wildman–Crippen MR) is 116 cm³/mol. The molecule has 0 aliphatic rings. The van der Waals surface area contributed by atoms with Crippen LogP contribution >= 0.6 is 23.2 Å². The van der Waals surface area contributed by atoms with Crippen LogP contribution in [-0.2, 0) is 0 Å². The van der Waals surface area contributed by atoms with Crippen molar-refractivity contribution < 1.29 is 10.2 Å². The van der Waals surface area contributed by atoms with Crippen LogP contribution in [0.5, 0.6) is 11.5 Å². The minimum absolute atomic E-state index is 0.0272. The molecule has 0 unspecified atom stereocenters. The fraction of sp³-hybridized carbons (Fsp3) is 0. The highest BCUT2D eigenvalue weighted by Gasteiger charge is 2.10. The number of nitrogens with one attached hydrogen (secondary N) is 1. The molecule has 1 heterocycles. The van der Waals surface area contributed by atoms with E-state index in [1.807, 2.05) is 24.3 Å². The smallest absolute Gasteiger partial charge is 0.162 e. The van der Waals surface area contributed by atoms with E-state index in [0.717, 1.165) is 10.9 Å². The van der Waals surface area contributed by atoms with Gasteiger partial charge < -0.3 is 10.2 Å². The van der Waals surface area contributed by atoms with E-state index in [0.29, 0.717) is 32.8 Å². The van der Waals surface area contributed by atoms with Gasteiger partial charge in [0.05, 0.1) is 21.8 Å². The molecule has 6 nitrogen and oxygen atoms in total. The molecule has 0 saturated heterocycles. The maximum Gasteiger partial charge on any atom is 0.162 e. The first-order valence-corrected chi connectivity index (χ1v) is 9.30. The molecule has 4 rings (SSSR count). The normalized spacial score (nSPS) is 11.2. The molecule has 1 aromatic heterocycles. The predicted octanol–water partition coefficient (Wildman–Crippen LogP) is 5.46. The van der Waals surface area contributed by atoms with Crippen LogP contribution in [0, 0.1) is 0 Å². The van der Waals surface area contributed by atoms with Gasteiger partial charge in [0.25, 0.3) is 0 Å². The van der Waals surface area contributed by atoms with Crippen LogP contribution in [0.1, 0.15) is 5.56 Å². The van der Waals surface area contributed by atoms with Gasteiger partial charge in [-0.2, -0.15) is 5.10 Å². The molecule has 0 atom stereocenters. The van der Waals surface area contributed by atoms with Gasteiger partial charge in [-0.05, 0) is 42.5 Å². The summed E-state index contributed by atoms with van der Waals surface area (Å²) in [5.41, 5.74) is 4.79. The van der Waals surface area contributed by atoms with E-state index in [-0.39, 0.29) is 11.5 Å². The Morgan fingerprint density at radius 2 is 1.72 bits per heavy atom. The monoisotopic (exact) mass is 424 g/mol. The molecule has 4 aromatic rings. The Kier molecular flexibility index (Phi) is 5.20. The number of aromatic hydroxyl groups is 2. The molecule has 0 spiro atoms. The van der Waals surface area contributed by atoms with Crippen LogP contribution in [0.3, 0.4) is 0 Å². The van der Waals surface area contributed by atoms with Crippen LogP contribution < -0.4 is 5.43 Å². The average molecular weight is 425 g/mol. The highest BCUT2D eigenvalue weighted by atomic mass is 35.5. The summed E-state index contributed by atoms with van der Waals surface area (Å²) in [4.78, 5) is 9.16. The molecule has 8 heteroatoms. The maximum absolute atomic E-state index is 9.87. The lowest BCUT2D eigenvalue weighted by atomic mass is 10.2. The van der Waals surface area contributed by atoms with Gasteiger partial charge in [-0.25, -0.2) is 9.97 Å². The van der Waals surface area contributed by atoms with Crippen LogP contribution in [-0.4, -0.2) is 26.4 Å². The molecule has 29 heavy (non-hydrogen) atoms. The van der Waals surface area contributed by atoms with Gasteiger partial charge in [0.15, 0.2) is 11.6 Å². The molecule has 0 fully saturated rings. The Balaban J connectivity index is 1.72. The number of hydrazone groups is 1. The van der Waals surface area contributed by atoms with E-state index < -0.39 is 0 Å². The van der Waals surface area contributed by atoms with Crippen molar-refractivity contribution in [3.05, 3.63) is 76.3 Å². The van der Waals surface area contributed by atoms with Crippen molar-refractivity contribution in [2.24, 2.45) is 5.10 Å². The number of rotatable bonds is 4. The Morgan fingerprint density at radius 3 is 2.52 bits per heavy atom. The topological polar surface area (TPSA) is 90.6 Å². The molecule has 3 N–H and O–H groups in total. The van der Waals surface area contributed by atoms with E-state index in [1.54, 1.807) is 24.3 Å². The summed E-state index contributed by atoms with van der Waals surface area (Å²) < 4.78 is 0. The molecule has 3 aromatic carbocycles. The number of phenols is 2. The first-order valence-electron chi connectivity index (χ1n) is 8.54. The number of halogens is 2. The van der Waals surface area contributed by atoms with Gasteiger partial charge in [-0.15, -0.1) is 0 Å². The van der Waals surface area contributed by atoms with Crippen LogP contribution in [0.15, 0.2) is 65.8 Å². The van der Waals surface area contributed by atoms with Crippen molar-refractivity contribution >= 4 is 46.1 Å². The first-order chi connectivity index (χ1) is 14.0. The summed E-state index contributed by atoms with van der Waals surface area (Å²) in [5.74, 6) is 0.846. The van der Waals surface area contributed by atoms with Gasteiger partial charge in [-0.3, -0.25) is 5.43 Å². The number of phenolic OH excluding ortho intramolecular Hbond substituents is 2. The molecular formula is C21H14Cl2N4O2. The Bertz CT molecular complexity index is 1240. The van der Waals surface area contributed by atoms with Gasteiger partial charge in [0.2, 0.25) is 0 Å². The van der Waals surface area contributed by atoms with Gasteiger partial charge >= 0.3 is 0 Å². The third-order valence-electron chi connectivity index (χ3n) is 4.17. The largest absolute Gasteiger partial charge is 0.508 e. The van der Waals surface area contributed by atoms with Gasteiger partial charge in [-0.1, -0.05) is 35.3 Å². The fourth-order valence-corrected chi connectivity index (χ4v) is 3.03. The van der Waals surface area contributed by atoms with E-state index in [2.05, 4.69) is 20.5 Å². The number of anilines is 1. The minimum Gasteiger partial charge on any atom is -0.508 e. The zero-order valence-corrected chi connectivity index (χ0v) is 16.4. The zero-order chi connectivity index (χ0) is 20.4. The lowest BCUT2D eigenvalue weighted by molar-refractivity contribution is 0.450. The van der Waals surface area contributed by atoms with E-state index in [9.17, 15) is 10.2 Å². The lowest BCUT2D eigenvalue weighted by Crippen LogP contribution is -1.99. The molecule has 0 amide bonds. The number of hydrogen-bond donors (Lipinski definition) is 3. The third-order valence-corrected chi connectivity index (χ3v) is 4.91. The fourth-order valence-electron chi connectivity index (χ4n) is 2.73. The second kappa shape index (κ2) is 7.95. The van der Waals surface area contributed by atoms with E-state index in [1.165, 1.54) is 18.3 Å². The molecule has 144 valence electrons. The lowest BCUT2D eigenvalue weighted by Gasteiger charge is -2.09. The molecule has 0 aliphatic heterocycles. The molecular weight excluding hydrogens is 411 g/mol. The average Bonchev–Trinajstić information content (AvgIpc) is 2.71. The number of benzene rings is 3. The Hall–Kier alpha value is -3.35. The van der Waals surface area contributed by atoms with E-state index >= 15 is 0 Å². The quantitative estimate of drug-likeness (QED) is 0.298. The molecule has 0 aliphatic carbocycles. The van der Waals surface area contributed by atoms with Crippen molar-refractivity contribution in [3.8, 4) is 22.9 Å². The Morgan fingerprint density at radius 1 is 0.897 bits per heavy atom. The summed E-state index contributed by atoms with van der Waals surface area (Å²) in [6.07, 6.45) is 1.44. The number of aromatic nitrogens is 2. The molecule has 0 bridgehead atoms. The standard InChI is InChI=1S/C21H14Cl2N4O2/c22-16-8-6-12(9-17(16)23)20-25-18-4-2-1-3-15(18)21(26-20)27-24-11-13-5-7-14(28)10-19(13)29/h1-11,28-29H,(H,25,26,27)/b24-11+. The number of fused-ring (bicyclic) bond motifs is 1. The van der Waals surface area contributed by atoms with Gasteiger partial charge in [0.1, 0.15) is 11.5 Å². The van der Waals surface area contributed by atoms with Crippen molar-refractivity contribution in [2.75, 3.05) is 5.43 Å².